The molecule has 4 amide bonds. The molecular weight excluding hydrogens is 604 g/mol. The maximum Gasteiger partial charge on any atom is 0.276 e. The molecule has 10 nitrogen and oxygen atoms in total. The average Bonchev–Trinajstić information content (AvgIpc) is 3.30. The Labute approximate surface area is 260 Å². The molecule has 1 unspecified atom stereocenters. The summed E-state index contributed by atoms with van der Waals surface area (Å²) in [5.41, 5.74) is 0.815. The van der Waals surface area contributed by atoms with Crippen molar-refractivity contribution in [3.8, 4) is 0 Å². The second-order valence-electron chi connectivity index (χ2n) is 9.53. The van der Waals surface area contributed by atoms with E-state index in [-0.39, 0.29) is 35.2 Å². The van der Waals surface area contributed by atoms with Crippen LogP contribution >= 0.6 is 23.4 Å². The molecule has 0 aliphatic carbocycles. The quantitative estimate of drug-likeness (QED) is 0.0993. The number of para-hydroxylation sites is 1. The van der Waals surface area contributed by atoms with E-state index in [0.717, 1.165) is 4.90 Å². The molecule has 44 heavy (non-hydrogen) atoms. The molecule has 0 spiro atoms. The largest absolute Gasteiger partial charge is 0.321 e. The molecule has 1 aliphatic heterocycles. The fourth-order valence-electron chi connectivity index (χ4n) is 4.41. The summed E-state index contributed by atoms with van der Waals surface area (Å²) in [6.07, 6.45) is 1.28. The van der Waals surface area contributed by atoms with Gasteiger partial charge in [-0.3, -0.25) is 29.3 Å². The molecule has 1 atom stereocenters. The molecule has 12 heteroatoms. The number of nitro groups is 1. The van der Waals surface area contributed by atoms with Crippen molar-refractivity contribution >= 4 is 70.1 Å². The van der Waals surface area contributed by atoms with Gasteiger partial charge in [-0.05, 0) is 72.8 Å². The van der Waals surface area contributed by atoms with E-state index in [1.165, 1.54) is 36.0 Å². The summed E-state index contributed by atoms with van der Waals surface area (Å²) in [5, 5.41) is 16.7. The van der Waals surface area contributed by atoms with Crippen LogP contribution in [-0.4, -0.2) is 33.8 Å². The molecule has 4 aromatic rings. The van der Waals surface area contributed by atoms with Gasteiger partial charge in [0.05, 0.1) is 21.4 Å². The summed E-state index contributed by atoms with van der Waals surface area (Å²) in [6.45, 7) is 0. The lowest BCUT2D eigenvalue weighted by Gasteiger charge is -2.15. The summed E-state index contributed by atoms with van der Waals surface area (Å²) >= 11 is 7.15. The number of thioether (sulfide) groups is 1. The fraction of sp³-hybridized carbons (Fsp3) is 0.0625. The van der Waals surface area contributed by atoms with Crippen LogP contribution in [0.5, 0.6) is 0 Å². The molecule has 220 valence electrons. The molecule has 4 aromatic carbocycles. The number of hydrogen-bond acceptors (Lipinski definition) is 7. The number of nitrogens with one attached hydrogen (secondary N) is 2. The zero-order valence-electron chi connectivity index (χ0n) is 22.8. The highest BCUT2D eigenvalue weighted by molar-refractivity contribution is 8.00. The Balaban J connectivity index is 1.31. The lowest BCUT2D eigenvalue weighted by atomic mass is 10.1. The number of benzene rings is 4. The van der Waals surface area contributed by atoms with Crippen molar-refractivity contribution in [1.29, 1.82) is 0 Å². The summed E-state index contributed by atoms with van der Waals surface area (Å²) in [4.78, 5) is 64.6. The minimum atomic E-state index is -0.706. The molecule has 0 saturated carbocycles. The SMILES string of the molecule is O=C(Nc1ccc(SC2CC(=O)N(c3ccc(Cl)cc3)C2=O)cc1)/C(=C\c1ccccc1[N+](=O)[O-])NC(=O)c1ccccc1. The monoisotopic (exact) mass is 626 g/mol. The van der Waals surface area contributed by atoms with Crippen LogP contribution < -0.4 is 15.5 Å². The molecule has 0 aromatic heterocycles. The van der Waals surface area contributed by atoms with E-state index in [1.54, 1.807) is 84.9 Å². The Morgan fingerprint density at radius 3 is 2.25 bits per heavy atom. The van der Waals surface area contributed by atoms with Gasteiger partial charge in [-0.1, -0.05) is 41.9 Å². The van der Waals surface area contributed by atoms with E-state index >= 15 is 0 Å². The van der Waals surface area contributed by atoms with E-state index in [1.807, 2.05) is 0 Å². The highest BCUT2D eigenvalue weighted by Crippen LogP contribution is 2.34. The Kier molecular flexibility index (Phi) is 9.17. The number of amides is 4. The molecule has 1 heterocycles. The standard InChI is InChI=1S/C32H23ClN4O6S/c33-22-10-14-24(15-11-22)36-29(38)19-28(32(36)41)44-25-16-12-23(13-17-25)34-31(40)26(35-30(39)20-6-2-1-3-7-20)18-21-8-4-5-9-27(21)37(42)43/h1-18,28H,19H2,(H,34,40)(H,35,39)/b26-18+. The Hall–Kier alpha value is -5.26. The second kappa shape index (κ2) is 13.4. The molecule has 2 N–H and O–H groups in total. The average molecular weight is 627 g/mol. The van der Waals surface area contributed by atoms with Gasteiger partial charge in [0.1, 0.15) is 5.70 Å². The van der Waals surface area contributed by atoms with Crippen LogP contribution in [0, 0.1) is 10.1 Å². The van der Waals surface area contributed by atoms with Gasteiger partial charge < -0.3 is 10.6 Å². The van der Waals surface area contributed by atoms with Crippen molar-refractivity contribution in [1.82, 2.24) is 5.32 Å². The zero-order valence-corrected chi connectivity index (χ0v) is 24.4. The van der Waals surface area contributed by atoms with Crippen LogP contribution in [0.15, 0.2) is 114 Å². The summed E-state index contributed by atoms with van der Waals surface area (Å²) < 4.78 is 0. The maximum absolute atomic E-state index is 13.3. The van der Waals surface area contributed by atoms with Crippen LogP contribution in [0.3, 0.4) is 0 Å². The minimum Gasteiger partial charge on any atom is -0.321 e. The van der Waals surface area contributed by atoms with Crippen molar-refractivity contribution in [2.45, 2.75) is 16.6 Å². The van der Waals surface area contributed by atoms with Crippen molar-refractivity contribution in [2.75, 3.05) is 10.2 Å². The Morgan fingerprint density at radius 1 is 0.909 bits per heavy atom. The van der Waals surface area contributed by atoms with E-state index < -0.39 is 22.0 Å². The van der Waals surface area contributed by atoms with Crippen LogP contribution in [0.4, 0.5) is 17.1 Å². The topological polar surface area (TPSA) is 139 Å². The predicted octanol–water partition coefficient (Wildman–Crippen LogP) is 6.08. The number of nitro benzene ring substituents is 1. The van der Waals surface area contributed by atoms with Crippen LogP contribution in [0.2, 0.25) is 5.02 Å². The number of rotatable bonds is 9. The van der Waals surface area contributed by atoms with Gasteiger partial charge in [0.25, 0.3) is 17.5 Å². The van der Waals surface area contributed by atoms with Crippen LogP contribution in [0.25, 0.3) is 6.08 Å². The van der Waals surface area contributed by atoms with Crippen molar-refractivity contribution in [2.24, 2.45) is 0 Å². The van der Waals surface area contributed by atoms with Crippen LogP contribution in [0.1, 0.15) is 22.3 Å². The third-order valence-corrected chi connectivity index (χ3v) is 7.99. The van der Waals surface area contributed by atoms with Gasteiger partial charge in [-0.25, -0.2) is 4.90 Å². The molecule has 1 saturated heterocycles. The number of halogens is 1. The Bertz CT molecular complexity index is 1780. The molecular formula is C32H23ClN4O6S. The van der Waals surface area contributed by atoms with Gasteiger partial charge in [0.15, 0.2) is 0 Å². The van der Waals surface area contributed by atoms with E-state index in [2.05, 4.69) is 10.6 Å². The van der Waals surface area contributed by atoms with Gasteiger partial charge >= 0.3 is 0 Å². The predicted molar refractivity (Wildman–Crippen MR) is 168 cm³/mol. The van der Waals surface area contributed by atoms with Gasteiger partial charge in [0, 0.05) is 33.7 Å². The first-order valence-corrected chi connectivity index (χ1v) is 14.5. The molecule has 5 rings (SSSR count). The van der Waals surface area contributed by atoms with E-state index in [9.17, 15) is 29.3 Å². The minimum absolute atomic E-state index is 0.0332. The third-order valence-electron chi connectivity index (χ3n) is 6.54. The molecule has 1 fully saturated rings. The smallest absolute Gasteiger partial charge is 0.276 e. The molecule has 0 bridgehead atoms. The second-order valence-corrected chi connectivity index (χ2v) is 11.2. The third kappa shape index (κ3) is 7.02. The number of imide groups is 1. The van der Waals surface area contributed by atoms with Crippen LogP contribution in [-0.2, 0) is 14.4 Å². The number of carbonyl (C=O) groups excluding carboxylic acids is 4. The van der Waals surface area contributed by atoms with E-state index in [4.69, 9.17) is 11.6 Å². The van der Waals surface area contributed by atoms with E-state index in [0.29, 0.717) is 26.9 Å². The van der Waals surface area contributed by atoms with Gasteiger partial charge in [0.2, 0.25) is 11.8 Å². The van der Waals surface area contributed by atoms with Crippen molar-refractivity contribution in [3.05, 3.63) is 135 Å². The highest BCUT2D eigenvalue weighted by Gasteiger charge is 2.40. The summed E-state index contributed by atoms with van der Waals surface area (Å²) in [5.74, 6) is -1.92. The fourth-order valence-corrected chi connectivity index (χ4v) is 5.59. The molecule has 1 aliphatic rings. The zero-order chi connectivity index (χ0) is 31.2. The first kappa shape index (κ1) is 30.2. The number of nitrogens with zero attached hydrogens (tertiary/aromatic N) is 2. The maximum atomic E-state index is 13.3. The lowest BCUT2D eigenvalue weighted by molar-refractivity contribution is -0.385. The number of hydrogen-bond donors (Lipinski definition) is 2. The number of carbonyl (C=O) groups is 4. The van der Waals surface area contributed by atoms with Crippen molar-refractivity contribution < 1.29 is 24.1 Å². The number of anilines is 2. The van der Waals surface area contributed by atoms with Gasteiger partial charge in [-0.15, -0.1) is 11.8 Å². The highest BCUT2D eigenvalue weighted by atomic mass is 35.5. The Morgan fingerprint density at radius 2 is 1.57 bits per heavy atom. The first-order valence-electron chi connectivity index (χ1n) is 13.2. The summed E-state index contributed by atoms with van der Waals surface area (Å²) in [7, 11) is 0. The summed E-state index contributed by atoms with van der Waals surface area (Å²) in [6, 6.07) is 27.1. The normalized spacial score (nSPS) is 14.8. The van der Waals surface area contributed by atoms with Crippen molar-refractivity contribution in [3.63, 3.8) is 0 Å². The first-order chi connectivity index (χ1) is 21.2. The molecule has 0 radical (unpaired) electrons. The lowest BCUT2D eigenvalue weighted by Crippen LogP contribution is -2.31. The van der Waals surface area contributed by atoms with Gasteiger partial charge in [-0.2, -0.15) is 0 Å².